The summed E-state index contributed by atoms with van der Waals surface area (Å²) >= 11 is 1.98. The summed E-state index contributed by atoms with van der Waals surface area (Å²) in [6.45, 7) is 0. The lowest BCUT2D eigenvalue weighted by Gasteiger charge is -2.34. The van der Waals surface area contributed by atoms with Gasteiger partial charge in [-0.1, -0.05) is 43.5 Å². The zero-order valence-corrected chi connectivity index (χ0v) is 11.9. The van der Waals surface area contributed by atoms with Crippen molar-refractivity contribution in [3.05, 3.63) is 35.4 Å². The fourth-order valence-electron chi connectivity index (χ4n) is 3.28. The molecule has 19 heavy (non-hydrogen) atoms. The molecule has 0 aromatic heterocycles. The highest BCUT2D eigenvalue weighted by atomic mass is 32.2. The number of carboxylic acids is 1. The summed E-state index contributed by atoms with van der Waals surface area (Å²) in [5.41, 5.74) is 1.76. The van der Waals surface area contributed by atoms with Crippen molar-refractivity contribution in [2.24, 2.45) is 0 Å². The van der Waals surface area contributed by atoms with Gasteiger partial charge in [-0.05, 0) is 24.0 Å². The highest BCUT2D eigenvalue weighted by Gasteiger charge is 2.41. The van der Waals surface area contributed by atoms with E-state index in [0.29, 0.717) is 5.92 Å². The van der Waals surface area contributed by atoms with E-state index in [1.807, 2.05) is 11.8 Å². The third-order valence-electron chi connectivity index (χ3n) is 4.69. The second-order valence-corrected chi connectivity index (χ2v) is 6.88. The van der Waals surface area contributed by atoms with Crippen LogP contribution in [0, 0.1) is 0 Å². The van der Waals surface area contributed by atoms with Gasteiger partial charge in [0, 0.05) is 17.4 Å². The van der Waals surface area contributed by atoms with E-state index in [4.69, 9.17) is 0 Å². The average molecular weight is 276 g/mol. The average Bonchev–Trinajstić information content (AvgIpc) is 2.38. The Labute approximate surface area is 118 Å². The van der Waals surface area contributed by atoms with Crippen LogP contribution in [0.25, 0.3) is 0 Å². The lowest BCUT2D eigenvalue weighted by Crippen LogP contribution is -2.37. The van der Waals surface area contributed by atoms with E-state index >= 15 is 0 Å². The van der Waals surface area contributed by atoms with Gasteiger partial charge in [0.05, 0.1) is 5.41 Å². The summed E-state index contributed by atoms with van der Waals surface area (Å²) in [4.78, 5) is 11.8. The van der Waals surface area contributed by atoms with Crippen LogP contribution in [0.2, 0.25) is 0 Å². The molecule has 3 rings (SSSR count). The molecular formula is C16H20O2S. The molecular weight excluding hydrogens is 256 g/mol. The Morgan fingerprint density at radius 2 is 1.74 bits per heavy atom. The minimum absolute atomic E-state index is 0.620. The Morgan fingerprint density at radius 3 is 2.21 bits per heavy atom. The van der Waals surface area contributed by atoms with E-state index in [1.165, 1.54) is 23.5 Å². The van der Waals surface area contributed by atoms with E-state index in [9.17, 15) is 9.90 Å². The van der Waals surface area contributed by atoms with Crippen molar-refractivity contribution in [3.63, 3.8) is 0 Å². The third kappa shape index (κ3) is 2.29. The minimum Gasteiger partial charge on any atom is -0.481 e. The van der Waals surface area contributed by atoms with Gasteiger partial charge < -0.3 is 5.11 Å². The number of carboxylic acid groups (broad SMARTS) is 1. The molecule has 102 valence electrons. The Balaban J connectivity index is 1.87. The third-order valence-corrected chi connectivity index (χ3v) is 5.97. The molecule has 2 aliphatic rings. The molecule has 0 atom stereocenters. The van der Waals surface area contributed by atoms with Crippen LogP contribution in [0.1, 0.15) is 49.1 Å². The van der Waals surface area contributed by atoms with Crippen LogP contribution in [0.3, 0.4) is 0 Å². The lowest BCUT2D eigenvalue weighted by atomic mass is 9.69. The Hall–Kier alpha value is -0.960. The molecule has 1 aliphatic heterocycles. The number of carbonyl (C=O) groups is 1. The summed E-state index contributed by atoms with van der Waals surface area (Å²) in [6, 6.07) is 8.44. The van der Waals surface area contributed by atoms with Gasteiger partial charge in [-0.25, -0.2) is 0 Å². The standard InChI is InChI=1S/C16H20O2S/c17-15(18)16(8-2-1-3-9-16)14-6-4-12(5-7-14)13-10-19-11-13/h4-7,13H,1-3,8-11H2,(H,17,18). The van der Waals surface area contributed by atoms with E-state index in [0.717, 1.165) is 31.2 Å². The van der Waals surface area contributed by atoms with Gasteiger partial charge in [-0.3, -0.25) is 4.79 Å². The van der Waals surface area contributed by atoms with Gasteiger partial charge in [0.1, 0.15) is 0 Å². The topological polar surface area (TPSA) is 37.3 Å². The van der Waals surface area contributed by atoms with Crippen LogP contribution in [0.4, 0.5) is 0 Å². The summed E-state index contributed by atoms with van der Waals surface area (Å²) < 4.78 is 0. The van der Waals surface area contributed by atoms with Gasteiger partial charge in [0.15, 0.2) is 0 Å². The molecule has 3 heteroatoms. The van der Waals surface area contributed by atoms with Crippen molar-refractivity contribution in [2.75, 3.05) is 11.5 Å². The van der Waals surface area contributed by atoms with Gasteiger partial charge in [0.2, 0.25) is 0 Å². The number of rotatable bonds is 3. The zero-order valence-electron chi connectivity index (χ0n) is 11.1. The molecule has 1 aromatic rings. The zero-order chi connectivity index (χ0) is 13.3. The molecule has 1 heterocycles. The van der Waals surface area contributed by atoms with Crippen LogP contribution in [0.5, 0.6) is 0 Å². The predicted octanol–water partition coefficient (Wildman–Crippen LogP) is 3.80. The van der Waals surface area contributed by atoms with Gasteiger partial charge >= 0.3 is 5.97 Å². The van der Waals surface area contributed by atoms with Crippen LogP contribution in [0.15, 0.2) is 24.3 Å². The molecule has 1 N–H and O–H groups in total. The first-order chi connectivity index (χ1) is 9.22. The largest absolute Gasteiger partial charge is 0.481 e. The maximum atomic E-state index is 11.8. The van der Waals surface area contributed by atoms with Gasteiger partial charge in [0.25, 0.3) is 0 Å². The first-order valence-corrected chi connectivity index (χ1v) is 8.29. The fourth-order valence-corrected chi connectivity index (χ4v) is 4.14. The molecule has 1 aliphatic carbocycles. The summed E-state index contributed by atoms with van der Waals surface area (Å²) in [6.07, 6.45) is 4.83. The molecule has 0 radical (unpaired) electrons. The van der Waals surface area contributed by atoms with Crippen LogP contribution in [-0.2, 0) is 10.2 Å². The van der Waals surface area contributed by atoms with Gasteiger partial charge in [-0.15, -0.1) is 0 Å². The summed E-state index contributed by atoms with van der Waals surface area (Å²) in [7, 11) is 0. The Morgan fingerprint density at radius 1 is 1.11 bits per heavy atom. The number of benzene rings is 1. The van der Waals surface area contributed by atoms with Crippen molar-refractivity contribution < 1.29 is 9.90 Å². The fraction of sp³-hybridized carbons (Fsp3) is 0.562. The quantitative estimate of drug-likeness (QED) is 0.912. The number of hydrogen-bond donors (Lipinski definition) is 1. The minimum atomic E-state index is -0.640. The van der Waals surface area contributed by atoms with E-state index < -0.39 is 11.4 Å². The van der Waals surface area contributed by atoms with Crippen molar-refractivity contribution in [1.29, 1.82) is 0 Å². The molecule has 0 bridgehead atoms. The number of aliphatic carboxylic acids is 1. The Kier molecular flexibility index (Phi) is 3.57. The SMILES string of the molecule is O=C(O)C1(c2ccc(C3CSC3)cc2)CCCCC1. The normalized spacial score (nSPS) is 22.7. The van der Waals surface area contributed by atoms with Crippen molar-refractivity contribution in [3.8, 4) is 0 Å². The maximum Gasteiger partial charge on any atom is 0.314 e. The first kappa shape index (κ1) is 13.0. The lowest BCUT2D eigenvalue weighted by molar-refractivity contribution is -0.145. The Bertz CT molecular complexity index is 456. The second kappa shape index (κ2) is 5.20. The van der Waals surface area contributed by atoms with Crippen LogP contribution in [-0.4, -0.2) is 22.6 Å². The number of hydrogen-bond acceptors (Lipinski definition) is 2. The molecule has 0 unspecified atom stereocenters. The second-order valence-electron chi connectivity index (χ2n) is 5.80. The van der Waals surface area contributed by atoms with Crippen molar-refractivity contribution in [1.82, 2.24) is 0 Å². The summed E-state index contributed by atoms with van der Waals surface area (Å²) in [5, 5.41) is 9.67. The van der Waals surface area contributed by atoms with E-state index in [1.54, 1.807) is 0 Å². The van der Waals surface area contributed by atoms with Crippen molar-refractivity contribution >= 4 is 17.7 Å². The summed E-state index contributed by atoms with van der Waals surface area (Å²) in [5.74, 6) is 2.47. The molecule has 1 saturated heterocycles. The molecule has 1 saturated carbocycles. The highest BCUT2D eigenvalue weighted by Crippen LogP contribution is 2.41. The molecule has 1 aromatic carbocycles. The maximum absolute atomic E-state index is 11.8. The predicted molar refractivity (Wildman–Crippen MR) is 78.9 cm³/mol. The molecule has 0 spiro atoms. The highest BCUT2D eigenvalue weighted by molar-refractivity contribution is 8.00. The van der Waals surface area contributed by atoms with Crippen LogP contribution < -0.4 is 0 Å². The van der Waals surface area contributed by atoms with E-state index in [2.05, 4.69) is 24.3 Å². The first-order valence-electron chi connectivity index (χ1n) is 7.14. The monoisotopic (exact) mass is 276 g/mol. The number of thioether (sulfide) groups is 1. The molecule has 2 fully saturated rings. The van der Waals surface area contributed by atoms with E-state index in [-0.39, 0.29) is 0 Å². The van der Waals surface area contributed by atoms with Gasteiger partial charge in [-0.2, -0.15) is 11.8 Å². The smallest absolute Gasteiger partial charge is 0.314 e. The molecule has 0 amide bonds. The van der Waals surface area contributed by atoms with Crippen molar-refractivity contribution in [2.45, 2.75) is 43.4 Å². The van der Waals surface area contributed by atoms with Crippen LogP contribution >= 0.6 is 11.8 Å². The molecule has 2 nitrogen and oxygen atoms in total.